The van der Waals surface area contributed by atoms with Gasteiger partial charge in [-0.15, -0.1) is 0 Å². The number of aromatic nitrogens is 2. The van der Waals surface area contributed by atoms with E-state index in [0.29, 0.717) is 30.3 Å². The van der Waals surface area contributed by atoms with Crippen LogP contribution in [0.3, 0.4) is 0 Å². The molecule has 6 heteroatoms. The van der Waals surface area contributed by atoms with Gasteiger partial charge >= 0.3 is 0 Å². The van der Waals surface area contributed by atoms with Crippen LogP contribution >= 0.6 is 0 Å². The lowest BCUT2D eigenvalue weighted by Gasteiger charge is -2.12. The molecule has 1 N–H and O–H groups in total. The van der Waals surface area contributed by atoms with Crippen LogP contribution in [0.15, 0.2) is 66.7 Å². The zero-order valence-corrected chi connectivity index (χ0v) is 19.3. The minimum atomic E-state index is -0.188. The normalized spacial score (nSPS) is 10.9. The highest BCUT2D eigenvalue weighted by molar-refractivity contribution is 6.04. The summed E-state index contributed by atoms with van der Waals surface area (Å²) in [4.78, 5) is 17.5. The lowest BCUT2D eigenvalue weighted by atomic mass is 10.1. The van der Waals surface area contributed by atoms with Gasteiger partial charge in [0, 0.05) is 24.7 Å². The van der Waals surface area contributed by atoms with Crippen LogP contribution in [-0.4, -0.2) is 28.7 Å². The molecule has 0 spiro atoms. The van der Waals surface area contributed by atoms with Crippen molar-refractivity contribution in [2.75, 3.05) is 18.5 Å². The van der Waals surface area contributed by atoms with Crippen LogP contribution < -0.4 is 14.8 Å². The van der Waals surface area contributed by atoms with Crippen molar-refractivity contribution in [1.29, 1.82) is 0 Å². The molecule has 4 aromatic rings. The molecule has 1 heterocycles. The number of nitrogens with one attached hydrogen (secondary N) is 1. The minimum Gasteiger partial charge on any atom is -0.490 e. The number of carbonyl (C=O) groups excluding carboxylic acids is 1. The van der Waals surface area contributed by atoms with E-state index < -0.39 is 0 Å². The minimum absolute atomic E-state index is 0.188. The van der Waals surface area contributed by atoms with Crippen molar-refractivity contribution < 1.29 is 14.3 Å². The van der Waals surface area contributed by atoms with Gasteiger partial charge in [-0.2, -0.15) is 0 Å². The van der Waals surface area contributed by atoms with E-state index in [1.165, 1.54) is 5.56 Å². The second-order valence-electron chi connectivity index (χ2n) is 7.75. The topological polar surface area (TPSA) is 65.4 Å². The molecular weight excluding hydrogens is 414 g/mol. The molecule has 0 aliphatic heterocycles. The van der Waals surface area contributed by atoms with Crippen LogP contribution in [0.25, 0.3) is 11.0 Å². The summed E-state index contributed by atoms with van der Waals surface area (Å²) in [6.45, 7) is 4.86. The third kappa shape index (κ3) is 5.17. The summed E-state index contributed by atoms with van der Waals surface area (Å²) in [5, 5.41) is 2.96. The van der Waals surface area contributed by atoms with Crippen molar-refractivity contribution in [2.45, 2.75) is 26.7 Å². The van der Waals surface area contributed by atoms with Crippen molar-refractivity contribution in [1.82, 2.24) is 9.55 Å². The van der Waals surface area contributed by atoms with Crippen LogP contribution in [-0.2, 0) is 19.9 Å². The highest BCUT2D eigenvalue weighted by Crippen LogP contribution is 2.29. The third-order valence-corrected chi connectivity index (χ3v) is 5.53. The molecule has 4 rings (SSSR count). The number of anilines is 1. The molecule has 0 aliphatic rings. The first-order valence-electron chi connectivity index (χ1n) is 11.3. The Morgan fingerprint density at radius 3 is 2.36 bits per heavy atom. The standard InChI is InChI=1S/C27H29N3O3/c1-4-32-24-16-13-20(18-25(24)33-5-2)27(31)28-21-14-10-19(11-15-21)12-17-26-29-22-8-6-7-9-23(22)30(26)3/h6-11,13-16,18H,4-5,12,17H2,1-3H3,(H,28,31). The Hall–Kier alpha value is -3.80. The van der Waals surface area contributed by atoms with Crippen molar-refractivity contribution in [3.05, 3.63) is 83.7 Å². The van der Waals surface area contributed by atoms with Crippen molar-refractivity contribution in [3.63, 3.8) is 0 Å². The average Bonchev–Trinajstić information content (AvgIpc) is 3.15. The van der Waals surface area contributed by atoms with Crippen LogP contribution in [0.2, 0.25) is 0 Å². The van der Waals surface area contributed by atoms with Crippen molar-refractivity contribution in [3.8, 4) is 11.5 Å². The highest BCUT2D eigenvalue weighted by atomic mass is 16.5. The third-order valence-electron chi connectivity index (χ3n) is 5.53. The molecule has 0 unspecified atom stereocenters. The van der Waals surface area contributed by atoms with Crippen molar-refractivity contribution in [2.24, 2.45) is 7.05 Å². The molecule has 170 valence electrons. The number of benzene rings is 3. The van der Waals surface area contributed by atoms with Gasteiger partial charge in [0.15, 0.2) is 11.5 Å². The Bertz CT molecular complexity index is 1250. The van der Waals surface area contributed by atoms with E-state index in [1.54, 1.807) is 18.2 Å². The molecule has 0 fully saturated rings. The lowest BCUT2D eigenvalue weighted by Crippen LogP contribution is -2.12. The van der Waals surface area contributed by atoms with Gasteiger partial charge in [0.2, 0.25) is 0 Å². The number of nitrogens with zero attached hydrogens (tertiary/aromatic N) is 2. The van der Waals surface area contributed by atoms with Gasteiger partial charge < -0.3 is 19.4 Å². The SMILES string of the molecule is CCOc1ccc(C(=O)Nc2ccc(CCc3nc4ccccc4n3C)cc2)cc1OCC. The van der Waals surface area contributed by atoms with E-state index in [0.717, 1.165) is 35.4 Å². The Labute approximate surface area is 194 Å². The van der Waals surface area contributed by atoms with E-state index in [1.807, 2.05) is 56.3 Å². The van der Waals surface area contributed by atoms with E-state index in [-0.39, 0.29) is 5.91 Å². The largest absolute Gasteiger partial charge is 0.490 e. The van der Waals surface area contributed by atoms with Gasteiger partial charge in [-0.05, 0) is 68.3 Å². The van der Waals surface area contributed by atoms with E-state index in [4.69, 9.17) is 14.5 Å². The van der Waals surface area contributed by atoms with Crippen molar-refractivity contribution >= 4 is 22.6 Å². The summed E-state index contributed by atoms with van der Waals surface area (Å²) < 4.78 is 13.3. The number of carbonyl (C=O) groups is 1. The van der Waals surface area contributed by atoms with E-state index >= 15 is 0 Å². The Kier molecular flexibility index (Phi) is 6.93. The number of ether oxygens (including phenoxy) is 2. The number of hydrogen-bond acceptors (Lipinski definition) is 4. The first-order valence-corrected chi connectivity index (χ1v) is 11.3. The zero-order chi connectivity index (χ0) is 23.2. The number of aryl methyl sites for hydroxylation is 3. The maximum absolute atomic E-state index is 12.7. The average molecular weight is 444 g/mol. The number of rotatable bonds is 9. The number of hydrogen-bond donors (Lipinski definition) is 1. The molecule has 0 aliphatic carbocycles. The second-order valence-corrected chi connectivity index (χ2v) is 7.75. The fraction of sp³-hybridized carbons (Fsp3) is 0.259. The van der Waals surface area contributed by atoms with Gasteiger partial charge in [0.1, 0.15) is 5.82 Å². The van der Waals surface area contributed by atoms with Gasteiger partial charge in [-0.1, -0.05) is 24.3 Å². The Morgan fingerprint density at radius 2 is 1.64 bits per heavy atom. The number of para-hydroxylation sites is 2. The smallest absolute Gasteiger partial charge is 0.255 e. The van der Waals surface area contributed by atoms with Gasteiger partial charge in [0.05, 0.1) is 24.2 Å². The molecule has 0 atom stereocenters. The van der Waals surface area contributed by atoms with Gasteiger partial charge in [-0.25, -0.2) is 4.98 Å². The predicted molar refractivity (Wildman–Crippen MR) is 131 cm³/mol. The van der Waals surface area contributed by atoms with Gasteiger partial charge in [0.25, 0.3) is 5.91 Å². The van der Waals surface area contributed by atoms with Crippen LogP contribution in [0, 0.1) is 0 Å². The van der Waals surface area contributed by atoms with Gasteiger partial charge in [-0.3, -0.25) is 4.79 Å². The van der Waals surface area contributed by atoms with E-state index in [2.05, 4.69) is 23.0 Å². The van der Waals surface area contributed by atoms with Crippen LogP contribution in [0.5, 0.6) is 11.5 Å². The Morgan fingerprint density at radius 1 is 0.909 bits per heavy atom. The molecule has 1 aromatic heterocycles. The maximum Gasteiger partial charge on any atom is 0.255 e. The summed E-state index contributed by atoms with van der Waals surface area (Å²) in [6, 6.07) is 21.4. The molecule has 33 heavy (non-hydrogen) atoms. The number of fused-ring (bicyclic) bond motifs is 1. The highest BCUT2D eigenvalue weighted by Gasteiger charge is 2.12. The second kappa shape index (κ2) is 10.2. The molecular formula is C27H29N3O3. The number of amides is 1. The molecule has 0 saturated heterocycles. The molecule has 0 bridgehead atoms. The lowest BCUT2D eigenvalue weighted by molar-refractivity contribution is 0.102. The summed E-state index contributed by atoms with van der Waals surface area (Å²) in [6.07, 6.45) is 1.73. The summed E-state index contributed by atoms with van der Waals surface area (Å²) in [5.74, 6) is 2.09. The zero-order valence-electron chi connectivity index (χ0n) is 19.3. The quantitative estimate of drug-likeness (QED) is 0.376. The number of imidazole rings is 1. The first-order chi connectivity index (χ1) is 16.1. The summed E-state index contributed by atoms with van der Waals surface area (Å²) >= 11 is 0. The molecule has 6 nitrogen and oxygen atoms in total. The molecule has 0 radical (unpaired) electrons. The monoisotopic (exact) mass is 443 g/mol. The predicted octanol–water partition coefficient (Wildman–Crippen LogP) is 5.41. The fourth-order valence-electron chi connectivity index (χ4n) is 3.83. The Balaban J connectivity index is 1.39. The summed E-state index contributed by atoms with van der Waals surface area (Å²) in [5.41, 5.74) is 4.63. The molecule has 1 amide bonds. The van der Waals surface area contributed by atoms with E-state index in [9.17, 15) is 4.79 Å². The van der Waals surface area contributed by atoms with Crippen LogP contribution in [0.1, 0.15) is 35.6 Å². The van der Waals surface area contributed by atoms with Crippen LogP contribution in [0.4, 0.5) is 5.69 Å². The first kappa shape index (κ1) is 22.4. The fourth-order valence-corrected chi connectivity index (χ4v) is 3.83. The summed E-state index contributed by atoms with van der Waals surface area (Å²) in [7, 11) is 2.06. The molecule has 3 aromatic carbocycles. The maximum atomic E-state index is 12.7. The molecule has 0 saturated carbocycles.